The Morgan fingerprint density at radius 2 is 1.72 bits per heavy atom. The van der Waals surface area contributed by atoms with Crippen LogP contribution in [0.2, 0.25) is 0 Å². The highest BCUT2D eigenvalue weighted by molar-refractivity contribution is 7.17. The summed E-state index contributed by atoms with van der Waals surface area (Å²) in [7, 11) is 0. The Balaban J connectivity index is 1.66. The van der Waals surface area contributed by atoms with Gasteiger partial charge in [0.2, 0.25) is 0 Å². The molecule has 3 N–H and O–H groups in total. The van der Waals surface area contributed by atoms with Gasteiger partial charge in [-0.25, -0.2) is 0 Å². The molecule has 3 aromatic rings. The summed E-state index contributed by atoms with van der Waals surface area (Å²) in [6.07, 6.45) is 2.77. The molecule has 2 amide bonds. The predicted octanol–water partition coefficient (Wildman–Crippen LogP) is 5.08. The first-order chi connectivity index (χ1) is 14.0. The molecular weight excluding hydrogens is 384 g/mol. The molecular formula is C23H22N2O3S. The summed E-state index contributed by atoms with van der Waals surface area (Å²) < 4.78 is 0. The molecule has 148 valence electrons. The van der Waals surface area contributed by atoms with Crippen LogP contribution in [0.5, 0.6) is 5.75 Å². The molecule has 1 aromatic heterocycles. The Kier molecular flexibility index (Phi) is 5.36. The number of thiophene rings is 1. The zero-order valence-corrected chi connectivity index (χ0v) is 16.9. The van der Waals surface area contributed by atoms with Crippen LogP contribution < -0.4 is 10.6 Å². The zero-order valence-electron chi connectivity index (χ0n) is 16.1. The lowest BCUT2D eigenvalue weighted by Crippen LogP contribution is -2.19. The second-order valence-electron chi connectivity index (χ2n) is 7.38. The van der Waals surface area contributed by atoms with Gasteiger partial charge in [0.05, 0.1) is 5.56 Å². The molecule has 0 bridgehead atoms. The summed E-state index contributed by atoms with van der Waals surface area (Å²) in [5.41, 5.74) is 2.73. The molecule has 6 heteroatoms. The third-order valence-electron chi connectivity index (χ3n) is 5.13. The molecule has 2 aromatic carbocycles. The molecule has 4 rings (SSSR count). The van der Waals surface area contributed by atoms with Crippen molar-refractivity contribution >= 4 is 33.8 Å². The maximum atomic E-state index is 13.1. The van der Waals surface area contributed by atoms with E-state index in [0.717, 1.165) is 24.8 Å². The van der Waals surface area contributed by atoms with E-state index in [0.29, 0.717) is 27.7 Å². The van der Waals surface area contributed by atoms with Gasteiger partial charge in [0.15, 0.2) is 0 Å². The Bertz CT molecular complexity index is 1040. The molecule has 0 unspecified atom stereocenters. The van der Waals surface area contributed by atoms with Crippen LogP contribution in [0.25, 0.3) is 0 Å². The minimum Gasteiger partial charge on any atom is -0.508 e. The number of nitrogens with one attached hydrogen (secondary N) is 2. The summed E-state index contributed by atoms with van der Waals surface area (Å²) in [4.78, 5) is 27.0. The van der Waals surface area contributed by atoms with Crippen LogP contribution in [0.15, 0.2) is 54.6 Å². The van der Waals surface area contributed by atoms with Crippen molar-refractivity contribution in [2.24, 2.45) is 5.92 Å². The molecule has 1 aliphatic carbocycles. The van der Waals surface area contributed by atoms with Gasteiger partial charge < -0.3 is 15.7 Å². The third kappa shape index (κ3) is 4.17. The smallest absolute Gasteiger partial charge is 0.258 e. The standard InChI is InChI=1S/C23H22N2O3S/c1-14-7-12-18-19(13-14)29-23(25-21(27)15-5-3-2-4-6-15)20(18)22(28)24-16-8-10-17(26)11-9-16/h2-6,8-11,14,26H,7,12-13H2,1H3,(H,24,28)(H,25,27)/t14-/m0/s1. The molecule has 1 aliphatic rings. The Hall–Kier alpha value is -3.12. The van der Waals surface area contributed by atoms with E-state index in [1.807, 2.05) is 18.2 Å². The number of aromatic hydroxyl groups is 1. The number of phenolic OH excluding ortho intramolecular Hbond substituents is 1. The summed E-state index contributed by atoms with van der Waals surface area (Å²) in [6, 6.07) is 15.3. The van der Waals surface area contributed by atoms with Gasteiger partial charge in [-0.1, -0.05) is 25.1 Å². The van der Waals surface area contributed by atoms with Crippen molar-refractivity contribution < 1.29 is 14.7 Å². The average molecular weight is 407 g/mol. The highest BCUT2D eigenvalue weighted by atomic mass is 32.1. The zero-order chi connectivity index (χ0) is 20.4. The Labute approximate surface area is 173 Å². The fourth-order valence-electron chi connectivity index (χ4n) is 3.58. The van der Waals surface area contributed by atoms with Crippen molar-refractivity contribution in [1.29, 1.82) is 0 Å². The highest BCUT2D eigenvalue weighted by Crippen LogP contribution is 2.40. The topological polar surface area (TPSA) is 78.4 Å². The maximum Gasteiger partial charge on any atom is 0.258 e. The number of phenols is 1. The number of hydrogen-bond donors (Lipinski definition) is 3. The van der Waals surface area contributed by atoms with E-state index >= 15 is 0 Å². The number of fused-ring (bicyclic) bond motifs is 1. The monoisotopic (exact) mass is 406 g/mol. The van der Waals surface area contributed by atoms with Crippen molar-refractivity contribution in [3.05, 3.63) is 76.2 Å². The molecule has 1 heterocycles. The predicted molar refractivity (Wildman–Crippen MR) is 116 cm³/mol. The minimum absolute atomic E-state index is 0.140. The molecule has 1 atom stereocenters. The van der Waals surface area contributed by atoms with Gasteiger partial charge >= 0.3 is 0 Å². The van der Waals surface area contributed by atoms with E-state index in [2.05, 4.69) is 17.6 Å². The summed E-state index contributed by atoms with van der Waals surface area (Å²) in [5.74, 6) is 0.231. The average Bonchev–Trinajstić information content (AvgIpc) is 3.07. The number of hydrogen-bond acceptors (Lipinski definition) is 4. The third-order valence-corrected chi connectivity index (χ3v) is 6.30. The molecule has 29 heavy (non-hydrogen) atoms. The quantitative estimate of drug-likeness (QED) is 0.529. The molecule has 0 radical (unpaired) electrons. The minimum atomic E-state index is -0.244. The number of benzene rings is 2. The maximum absolute atomic E-state index is 13.1. The summed E-state index contributed by atoms with van der Waals surface area (Å²) >= 11 is 1.50. The normalized spacial score (nSPS) is 15.4. The lowest BCUT2D eigenvalue weighted by molar-refractivity contribution is 0.102. The van der Waals surface area contributed by atoms with Crippen molar-refractivity contribution in [2.45, 2.75) is 26.2 Å². The van der Waals surface area contributed by atoms with Crippen molar-refractivity contribution in [1.82, 2.24) is 0 Å². The molecule has 5 nitrogen and oxygen atoms in total. The summed E-state index contributed by atoms with van der Waals surface area (Å²) in [5, 5.41) is 15.9. The van der Waals surface area contributed by atoms with Crippen molar-refractivity contribution in [2.75, 3.05) is 10.6 Å². The lowest BCUT2D eigenvalue weighted by atomic mass is 9.88. The van der Waals surface area contributed by atoms with Crippen molar-refractivity contribution in [3.8, 4) is 5.75 Å². The molecule has 0 fully saturated rings. The van der Waals surface area contributed by atoms with E-state index < -0.39 is 0 Å². The number of amides is 2. The van der Waals surface area contributed by atoms with Gasteiger partial charge in [0.25, 0.3) is 11.8 Å². The van der Waals surface area contributed by atoms with Crippen LogP contribution in [-0.4, -0.2) is 16.9 Å². The number of rotatable bonds is 4. The van der Waals surface area contributed by atoms with Crippen LogP contribution in [0, 0.1) is 5.92 Å². The van der Waals surface area contributed by atoms with Crippen LogP contribution in [0.3, 0.4) is 0 Å². The molecule has 0 saturated heterocycles. The van der Waals surface area contributed by atoms with E-state index in [1.165, 1.54) is 28.3 Å². The van der Waals surface area contributed by atoms with Crippen LogP contribution in [0.4, 0.5) is 10.7 Å². The number of carbonyl (C=O) groups excluding carboxylic acids is 2. The van der Waals surface area contributed by atoms with Crippen LogP contribution in [-0.2, 0) is 12.8 Å². The van der Waals surface area contributed by atoms with Crippen LogP contribution in [0.1, 0.15) is 44.5 Å². The van der Waals surface area contributed by atoms with Gasteiger partial charge in [-0.3, -0.25) is 9.59 Å². The Morgan fingerprint density at radius 3 is 2.45 bits per heavy atom. The van der Waals surface area contributed by atoms with Crippen molar-refractivity contribution in [3.63, 3.8) is 0 Å². The van der Waals surface area contributed by atoms with Gasteiger partial charge in [0, 0.05) is 16.1 Å². The van der Waals surface area contributed by atoms with E-state index in [9.17, 15) is 14.7 Å². The lowest BCUT2D eigenvalue weighted by Gasteiger charge is -2.18. The first kappa shape index (κ1) is 19.2. The van der Waals surface area contributed by atoms with Gasteiger partial charge in [-0.15, -0.1) is 11.3 Å². The first-order valence-corrected chi connectivity index (χ1v) is 10.4. The largest absolute Gasteiger partial charge is 0.508 e. The SMILES string of the molecule is C[C@H]1CCc2c(sc(NC(=O)c3ccccc3)c2C(=O)Nc2ccc(O)cc2)C1. The second-order valence-corrected chi connectivity index (χ2v) is 8.48. The Morgan fingerprint density at radius 1 is 1.00 bits per heavy atom. The molecule has 0 aliphatic heterocycles. The second kappa shape index (κ2) is 8.09. The van der Waals surface area contributed by atoms with Gasteiger partial charge in [0.1, 0.15) is 10.8 Å². The van der Waals surface area contributed by atoms with E-state index in [-0.39, 0.29) is 17.6 Å². The number of anilines is 2. The fraction of sp³-hybridized carbons (Fsp3) is 0.217. The fourth-order valence-corrected chi connectivity index (χ4v) is 4.99. The first-order valence-electron chi connectivity index (χ1n) is 9.62. The molecule has 0 spiro atoms. The van der Waals surface area contributed by atoms with Gasteiger partial charge in [-0.05, 0) is 67.1 Å². The summed E-state index contributed by atoms with van der Waals surface area (Å²) in [6.45, 7) is 2.21. The van der Waals surface area contributed by atoms with E-state index in [4.69, 9.17) is 0 Å². The molecule has 0 saturated carbocycles. The van der Waals surface area contributed by atoms with Gasteiger partial charge in [-0.2, -0.15) is 0 Å². The van der Waals surface area contributed by atoms with Crippen LogP contribution >= 0.6 is 11.3 Å². The highest BCUT2D eigenvalue weighted by Gasteiger charge is 2.28. The van der Waals surface area contributed by atoms with E-state index in [1.54, 1.807) is 24.3 Å². The number of carbonyl (C=O) groups is 2.